The number of carbonyl (C=O) groups is 1. The topological polar surface area (TPSA) is 41.6 Å². The minimum absolute atomic E-state index is 0.165. The molecular weight excluding hydrogens is 320 g/mol. The van der Waals surface area contributed by atoms with Crippen LogP contribution in [0, 0.1) is 5.41 Å². The lowest BCUT2D eigenvalue weighted by molar-refractivity contribution is -0.144. The molecule has 1 amide bonds. The van der Waals surface area contributed by atoms with Crippen LogP contribution in [0.15, 0.2) is 16.8 Å². The van der Waals surface area contributed by atoms with Crippen LogP contribution in [0.3, 0.4) is 0 Å². The Morgan fingerprint density at radius 3 is 2.96 bits per heavy atom. The van der Waals surface area contributed by atoms with Crippen molar-refractivity contribution in [2.24, 2.45) is 5.41 Å². The molecule has 1 spiro atoms. The number of nitrogens with one attached hydrogen (secondary N) is 1. The third kappa shape index (κ3) is 4.01. The van der Waals surface area contributed by atoms with Crippen molar-refractivity contribution in [1.29, 1.82) is 0 Å². The van der Waals surface area contributed by atoms with Gasteiger partial charge in [0.15, 0.2) is 0 Å². The summed E-state index contributed by atoms with van der Waals surface area (Å²) in [6.45, 7) is 7.62. The molecule has 5 heteroatoms. The summed E-state index contributed by atoms with van der Waals surface area (Å²) in [5.74, 6) is 0.165. The molecule has 2 heterocycles. The minimum Gasteiger partial charge on any atom is -0.369 e. The van der Waals surface area contributed by atoms with Crippen LogP contribution in [0.5, 0.6) is 0 Å². The van der Waals surface area contributed by atoms with E-state index in [1.54, 1.807) is 11.3 Å². The Balaban J connectivity index is 1.67. The molecule has 3 rings (SSSR count). The van der Waals surface area contributed by atoms with Gasteiger partial charge in [-0.15, -0.1) is 0 Å². The van der Waals surface area contributed by atoms with Gasteiger partial charge in [0.05, 0.1) is 0 Å². The minimum atomic E-state index is -0.338. The number of ether oxygens (including phenoxy) is 1. The smallest absolute Gasteiger partial charge is 0.251 e. The van der Waals surface area contributed by atoms with Crippen LogP contribution in [0.4, 0.5) is 0 Å². The van der Waals surface area contributed by atoms with Gasteiger partial charge in [-0.25, -0.2) is 0 Å². The molecule has 1 aliphatic heterocycles. The van der Waals surface area contributed by atoms with E-state index in [2.05, 4.69) is 34.0 Å². The predicted octanol–water partition coefficient (Wildman–Crippen LogP) is 3.42. The van der Waals surface area contributed by atoms with Crippen molar-refractivity contribution in [1.82, 2.24) is 10.2 Å². The molecule has 2 atom stereocenters. The number of nitrogens with zero attached hydrogens (tertiary/aromatic N) is 1. The number of amides is 1. The Bertz CT molecular complexity index is 525. The fourth-order valence-electron chi connectivity index (χ4n) is 3.86. The van der Waals surface area contributed by atoms with E-state index in [9.17, 15) is 4.79 Å². The summed E-state index contributed by atoms with van der Waals surface area (Å²) >= 11 is 1.70. The number of rotatable bonds is 8. The van der Waals surface area contributed by atoms with E-state index in [0.29, 0.717) is 18.1 Å². The number of piperidine rings is 1. The molecule has 1 saturated heterocycles. The Kier molecular flexibility index (Phi) is 5.95. The van der Waals surface area contributed by atoms with E-state index in [1.165, 1.54) is 18.4 Å². The van der Waals surface area contributed by atoms with E-state index in [0.717, 1.165) is 38.9 Å². The fourth-order valence-corrected chi connectivity index (χ4v) is 4.52. The van der Waals surface area contributed by atoms with Gasteiger partial charge in [0, 0.05) is 19.2 Å². The van der Waals surface area contributed by atoms with Crippen LogP contribution in [-0.2, 0) is 16.1 Å². The molecule has 0 radical (unpaired) electrons. The van der Waals surface area contributed by atoms with E-state index in [1.807, 2.05) is 6.92 Å². The number of hydrogen-bond acceptors (Lipinski definition) is 4. The lowest BCUT2D eigenvalue weighted by atomic mass is 9.93. The third-order valence-electron chi connectivity index (χ3n) is 5.55. The molecule has 1 aliphatic carbocycles. The quantitative estimate of drug-likeness (QED) is 0.731. The molecule has 0 aromatic carbocycles. The second-order valence-electron chi connectivity index (χ2n) is 7.30. The highest BCUT2D eigenvalue weighted by atomic mass is 32.1. The molecule has 2 fully saturated rings. The van der Waals surface area contributed by atoms with E-state index in [-0.39, 0.29) is 12.0 Å². The zero-order valence-electron chi connectivity index (χ0n) is 14.9. The maximum absolute atomic E-state index is 13.1. The second kappa shape index (κ2) is 7.98. The Labute approximate surface area is 149 Å². The average Bonchev–Trinajstić information content (AvgIpc) is 3.03. The first-order chi connectivity index (χ1) is 11.7. The van der Waals surface area contributed by atoms with Gasteiger partial charge in [-0.3, -0.25) is 4.79 Å². The van der Waals surface area contributed by atoms with Gasteiger partial charge in [-0.2, -0.15) is 11.3 Å². The zero-order chi connectivity index (χ0) is 17.0. The maximum atomic E-state index is 13.1. The number of thiophene rings is 1. The zero-order valence-corrected chi connectivity index (χ0v) is 15.7. The molecule has 0 bridgehead atoms. The molecule has 1 aromatic rings. The molecule has 2 unspecified atom stereocenters. The summed E-state index contributed by atoms with van der Waals surface area (Å²) in [5, 5.41) is 7.69. The fraction of sp³-hybridized carbons (Fsp3) is 0.737. The van der Waals surface area contributed by atoms with Gasteiger partial charge in [-0.05, 0) is 73.5 Å². The number of carbonyl (C=O) groups excluding carboxylic acids is 1. The first-order valence-electron chi connectivity index (χ1n) is 9.30. The van der Waals surface area contributed by atoms with Crippen LogP contribution < -0.4 is 5.32 Å². The lowest BCUT2D eigenvalue weighted by Crippen LogP contribution is -2.43. The summed E-state index contributed by atoms with van der Waals surface area (Å²) in [6, 6.07) is 2.52. The van der Waals surface area contributed by atoms with Crippen LogP contribution in [0.1, 0.15) is 51.5 Å². The van der Waals surface area contributed by atoms with Crippen LogP contribution >= 0.6 is 11.3 Å². The van der Waals surface area contributed by atoms with Gasteiger partial charge >= 0.3 is 0 Å². The van der Waals surface area contributed by atoms with Crippen molar-refractivity contribution < 1.29 is 9.53 Å². The highest BCUT2D eigenvalue weighted by Gasteiger charge is 2.58. The Morgan fingerprint density at radius 2 is 2.29 bits per heavy atom. The highest BCUT2D eigenvalue weighted by Crippen LogP contribution is 2.56. The second-order valence-corrected chi connectivity index (χ2v) is 8.08. The number of unbranched alkanes of at least 4 members (excludes halogenated alkanes) is 1. The Hall–Kier alpha value is -0.910. The first kappa shape index (κ1) is 17.9. The van der Waals surface area contributed by atoms with Gasteiger partial charge in [0.2, 0.25) is 0 Å². The molecule has 1 aromatic heterocycles. The predicted molar refractivity (Wildman–Crippen MR) is 98.1 cm³/mol. The van der Waals surface area contributed by atoms with Crippen LogP contribution in [0.25, 0.3) is 0 Å². The number of hydrogen-bond donors (Lipinski definition) is 1. The van der Waals surface area contributed by atoms with Crippen molar-refractivity contribution in [2.45, 2.75) is 64.6 Å². The molecule has 1 saturated carbocycles. The van der Waals surface area contributed by atoms with Crippen molar-refractivity contribution in [3.8, 4) is 0 Å². The SMILES string of the molecule is CCCCOC(C)C(=O)N(Cc1ccsc1)C1CC12CCNCC2. The average molecular weight is 351 g/mol. The summed E-state index contributed by atoms with van der Waals surface area (Å²) in [7, 11) is 0. The monoisotopic (exact) mass is 350 g/mol. The molecule has 1 N–H and O–H groups in total. The molecule has 134 valence electrons. The molecule has 4 nitrogen and oxygen atoms in total. The van der Waals surface area contributed by atoms with Crippen molar-refractivity contribution in [2.75, 3.05) is 19.7 Å². The van der Waals surface area contributed by atoms with E-state index < -0.39 is 0 Å². The largest absolute Gasteiger partial charge is 0.369 e. The van der Waals surface area contributed by atoms with Crippen LogP contribution in [0.2, 0.25) is 0 Å². The van der Waals surface area contributed by atoms with Gasteiger partial charge in [0.1, 0.15) is 6.10 Å². The summed E-state index contributed by atoms with van der Waals surface area (Å²) in [4.78, 5) is 15.2. The summed E-state index contributed by atoms with van der Waals surface area (Å²) in [5.41, 5.74) is 1.60. The summed E-state index contributed by atoms with van der Waals surface area (Å²) in [6.07, 6.45) is 5.31. The third-order valence-corrected chi connectivity index (χ3v) is 6.28. The van der Waals surface area contributed by atoms with E-state index in [4.69, 9.17) is 4.74 Å². The van der Waals surface area contributed by atoms with Crippen molar-refractivity contribution >= 4 is 17.2 Å². The van der Waals surface area contributed by atoms with Gasteiger partial charge < -0.3 is 15.0 Å². The van der Waals surface area contributed by atoms with Gasteiger partial charge in [0.25, 0.3) is 5.91 Å². The Morgan fingerprint density at radius 1 is 1.50 bits per heavy atom. The van der Waals surface area contributed by atoms with Gasteiger partial charge in [-0.1, -0.05) is 13.3 Å². The first-order valence-corrected chi connectivity index (χ1v) is 10.2. The molecule has 24 heavy (non-hydrogen) atoms. The van der Waals surface area contributed by atoms with Crippen molar-refractivity contribution in [3.05, 3.63) is 22.4 Å². The molecular formula is C19H30N2O2S. The normalized spacial score (nSPS) is 23.2. The highest BCUT2D eigenvalue weighted by molar-refractivity contribution is 7.07. The summed E-state index contributed by atoms with van der Waals surface area (Å²) < 4.78 is 5.80. The molecule has 2 aliphatic rings. The van der Waals surface area contributed by atoms with E-state index >= 15 is 0 Å². The van der Waals surface area contributed by atoms with Crippen molar-refractivity contribution in [3.63, 3.8) is 0 Å². The lowest BCUT2D eigenvalue weighted by Gasteiger charge is -2.31. The van der Waals surface area contributed by atoms with Crippen LogP contribution in [-0.4, -0.2) is 42.6 Å². The maximum Gasteiger partial charge on any atom is 0.251 e. The standard InChI is InChI=1S/C19H30N2O2S/c1-3-4-10-23-15(2)18(22)21(13-16-5-11-24-14-16)17-12-19(17)6-8-20-9-7-19/h5,11,14-15,17,20H,3-4,6-10,12-13H2,1-2H3.